The number of aryl methyl sites for hydroxylation is 1. The summed E-state index contributed by atoms with van der Waals surface area (Å²) in [5.41, 5.74) is 0.752. The molecule has 0 spiro atoms. The Bertz CT molecular complexity index is 1220. The van der Waals surface area contributed by atoms with Gasteiger partial charge in [0.15, 0.2) is 0 Å². The number of fused-ring (bicyclic) bond motifs is 1. The minimum absolute atomic E-state index is 0.177. The van der Waals surface area contributed by atoms with Gasteiger partial charge in [0.25, 0.3) is 0 Å². The highest BCUT2D eigenvalue weighted by Gasteiger charge is 2.36. The lowest BCUT2D eigenvalue weighted by Gasteiger charge is -2.33. The van der Waals surface area contributed by atoms with E-state index in [-0.39, 0.29) is 13.1 Å². The van der Waals surface area contributed by atoms with Crippen LogP contribution in [0.4, 0.5) is 13.2 Å². The van der Waals surface area contributed by atoms with Gasteiger partial charge in [0.1, 0.15) is 5.82 Å². The minimum atomic E-state index is -4.73. The number of imidazole rings is 1. The molecule has 0 radical (unpaired) electrons. The quantitative estimate of drug-likeness (QED) is 0.580. The molecule has 166 valence electrons. The van der Waals surface area contributed by atoms with Crippen molar-refractivity contribution in [2.24, 2.45) is 7.05 Å². The Balaban J connectivity index is 1.47. The summed E-state index contributed by atoms with van der Waals surface area (Å²) in [4.78, 5) is 6.30. The second kappa shape index (κ2) is 8.09. The molecular formula is C20H20ClF3N4O2S. The molecule has 0 amide bonds. The van der Waals surface area contributed by atoms with Crippen LogP contribution in [0, 0.1) is 0 Å². The van der Waals surface area contributed by atoms with E-state index in [9.17, 15) is 21.6 Å². The highest BCUT2D eigenvalue weighted by Crippen LogP contribution is 2.36. The molecule has 1 aromatic heterocycles. The van der Waals surface area contributed by atoms with Gasteiger partial charge in [-0.3, -0.25) is 4.90 Å². The second-order valence-electron chi connectivity index (χ2n) is 7.40. The van der Waals surface area contributed by atoms with Gasteiger partial charge in [-0.05, 0) is 30.3 Å². The van der Waals surface area contributed by atoms with E-state index < -0.39 is 31.7 Å². The van der Waals surface area contributed by atoms with Crippen molar-refractivity contribution in [3.63, 3.8) is 0 Å². The van der Waals surface area contributed by atoms with Crippen LogP contribution in [0.25, 0.3) is 11.0 Å². The van der Waals surface area contributed by atoms with Crippen LogP contribution in [0.1, 0.15) is 11.4 Å². The van der Waals surface area contributed by atoms with Crippen molar-refractivity contribution in [2.45, 2.75) is 17.6 Å². The van der Waals surface area contributed by atoms with Crippen LogP contribution in [-0.4, -0.2) is 53.4 Å². The van der Waals surface area contributed by atoms with E-state index in [1.54, 1.807) is 0 Å². The Kier molecular flexibility index (Phi) is 5.76. The predicted octanol–water partition coefficient (Wildman–Crippen LogP) is 3.75. The molecule has 2 aromatic carbocycles. The highest BCUT2D eigenvalue weighted by atomic mass is 35.5. The van der Waals surface area contributed by atoms with Crippen molar-refractivity contribution in [3.8, 4) is 0 Å². The summed E-state index contributed by atoms with van der Waals surface area (Å²) in [5, 5.41) is -0.529. The van der Waals surface area contributed by atoms with Gasteiger partial charge >= 0.3 is 6.18 Å². The van der Waals surface area contributed by atoms with Crippen LogP contribution in [0.15, 0.2) is 47.4 Å². The average Bonchev–Trinajstić information content (AvgIpc) is 3.03. The number of halogens is 4. The Morgan fingerprint density at radius 1 is 1.06 bits per heavy atom. The first kappa shape index (κ1) is 22.1. The number of hydrogen-bond acceptors (Lipinski definition) is 4. The summed E-state index contributed by atoms with van der Waals surface area (Å²) in [5.74, 6) is 0.866. The SMILES string of the molecule is Cn1c(CN2CCN(S(=O)(=O)c3ccc(Cl)c(C(F)(F)F)c3)CC2)nc2ccccc21. The largest absolute Gasteiger partial charge is 0.417 e. The van der Waals surface area contributed by atoms with Crippen LogP contribution in [0.5, 0.6) is 0 Å². The normalized spacial score (nSPS) is 16.8. The summed E-state index contributed by atoms with van der Waals surface area (Å²) in [6.45, 7) is 1.80. The molecule has 11 heteroatoms. The first-order chi connectivity index (χ1) is 14.6. The third kappa shape index (κ3) is 4.30. The zero-order valence-electron chi connectivity index (χ0n) is 16.6. The third-order valence-corrected chi connectivity index (χ3v) is 7.68. The number of para-hydroxylation sites is 2. The highest BCUT2D eigenvalue weighted by molar-refractivity contribution is 7.89. The summed E-state index contributed by atoms with van der Waals surface area (Å²) in [7, 11) is -2.12. The van der Waals surface area contributed by atoms with Gasteiger partial charge in [0.05, 0.1) is 33.1 Å². The van der Waals surface area contributed by atoms with Gasteiger partial charge in [-0.1, -0.05) is 23.7 Å². The summed E-state index contributed by atoms with van der Waals surface area (Å²) in [6.07, 6.45) is -4.73. The molecule has 0 bridgehead atoms. The fourth-order valence-corrected chi connectivity index (χ4v) is 5.37. The standard InChI is InChI=1S/C20H20ClF3N4O2S/c1-26-18-5-3-2-4-17(18)25-19(26)13-27-8-10-28(11-9-27)31(29,30)14-6-7-16(21)15(12-14)20(22,23)24/h2-7,12H,8-11,13H2,1H3. The van der Waals surface area contributed by atoms with E-state index in [4.69, 9.17) is 11.6 Å². The zero-order valence-corrected chi connectivity index (χ0v) is 18.2. The van der Waals surface area contributed by atoms with E-state index in [0.29, 0.717) is 25.7 Å². The van der Waals surface area contributed by atoms with Crippen molar-refractivity contribution in [3.05, 3.63) is 58.9 Å². The van der Waals surface area contributed by atoms with E-state index in [2.05, 4.69) is 9.88 Å². The molecule has 1 saturated heterocycles. The molecule has 0 N–H and O–H groups in total. The van der Waals surface area contributed by atoms with E-state index in [0.717, 1.165) is 29.0 Å². The maximum atomic E-state index is 13.1. The van der Waals surface area contributed by atoms with Crippen molar-refractivity contribution >= 4 is 32.7 Å². The summed E-state index contributed by atoms with van der Waals surface area (Å²) in [6, 6.07) is 10.5. The fraction of sp³-hybridized carbons (Fsp3) is 0.350. The van der Waals surface area contributed by atoms with Gasteiger partial charge in [-0.15, -0.1) is 0 Å². The number of sulfonamides is 1. The van der Waals surface area contributed by atoms with Crippen LogP contribution < -0.4 is 0 Å². The number of nitrogens with zero attached hydrogens (tertiary/aromatic N) is 4. The van der Waals surface area contributed by atoms with Gasteiger partial charge in [0, 0.05) is 33.2 Å². The molecule has 1 fully saturated rings. The Hall–Kier alpha value is -2.14. The van der Waals surface area contributed by atoms with Crippen LogP contribution in [0.2, 0.25) is 5.02 Å². The first-order valence-corrected chi connectivity index (χ1v) is 11.4. The monoisotopic (exact) mass is 472 g/mol. The molecule has 4 rings (SSSR count). The Morgan fingerprint density at radius 3 is 2.39 bits per heavy atom. The maximum absolute atomic E-state index is 13.1. The molecule has 0 aliphatic carbocycles. The van der Waals surface area contributed by atoms with E-state index in [1.165, 1.54) is 4.31 Å². The average molecular weight is 473 g/mol. The van der Waals surface area contributed by atoms with Gasteiger partial charge in [0.2, 0.25) is 10.0 Å². The fourth-order valence-electron chi connectivity index (χ4n) is 3.70. The van der Waals surface area contributed by atoms with Gasteiger partial charge in [-0.25, -0.2) is 13.4 Å². The molecular weight excluding hydrogens is 453 g/mol. The van der Waals surface area contributed by atoms with Crippen molar-refractivity contribution in [1.29, 1.82) is 0 Å². The van der Waals surface area contributed by atoms with Crippen molar-refractivity contribution in [1.82, 2.24) is 18.8 Å². The zero-order chi connectivity index (χ0) is 22.4. The number of hydrogen-bond donors (Lipinski definition) is 0. The topological polar surface area (TPSA) is 58.4 Å². The predicted molar refractivity (Wildman–Crippen MR) is 111 cm³/mol. The number of rotatable bonds is 4. The molecule has 6 nitrogen and oxygen atoms in total. The van der Waals surface area contributed by atoms with Crippen LogP contribution in [0.3, 0.4) is 0 Å². The van der Waals surface area contributed by atoms with Crippen molar-refractivity contribution < 1.29 is 21.6 Å². The molecule has 2 heterocycles. The minimum Gasteiger partial charge on any atom is -0.330 e. The maximum Gasteiger partial charge on any atom is 0.417 e. The van der Waals surface area contributed by atoms with Gasteiger partial charge in [-0.2, -0.15) is 17.5 Å². The van der Waals surface area contributed by atoms with E-state index >= 15 is 0 Å². The Morgan fingerprint density at radius 2 is 1.74 bits per heavy atom. The van der Waals surface area contributed by atoms with Crippen molar-refractivity contribution in [2.75, 3.05) is 26.2 Å². The number of alkyl halides is 3. The lowest BCUT2D eigenvalue weighted by atomic mass is 10.2. The summed E-state index contributed by atoms with van der Waals surface area (Å²) < 4.78 is 68.4. The number of benzene rings is 2. The lowest BCUT2D eigenvalue weighted by Crippen LogP contribution is -2.48. The molecule has 31 heavy (non-hydrogen) atoms. The van der Waals surface area contributed by atoms with Crippen LogP contribution >= 0.6 is 11.6 Å². The smallest absolute Gasteiger partial charge is 0.330 e. The molecule has 3 aromatic rings. The lowest BCUT2D eigenvalue weighted by molar-refractivity contribution is -0.137. The Labute approximate surface area is 182 Å². The molecule has 1 aliphatic rings. The third-order valence-electron chi connectivity index (χ3n) is 5.46. The van der Waals surface area contributed by atoms with E-state index in [1.807, 2.05) is 35.9 Å². The molecule has 0 unspecified atom stereocenters. The van der Waals surface area contributed by atoms with Crippen LogP contribution in [-0.2, 0) is 29.8 Å². The van der Waals surface area contributed by atoms with Gasteiger partial charge < -0.3 is 4.57 Å². The first-order valence-electron chi connectivity index (χ1n) is 9.57. The number of piperazine rings is 1. The molecule has 1 aliphatic heterocycles. The molecule has 0 saturated carbocycles. The summed E-state index contributed by atoms with van der Waals surface area (Å²) >= 11 is 5.61. The second-order valence-corrected chi connectivity index (χ2v) is 9.74. The number of aromatic nitrogens is 2. The molecule has 0 atom stereocenters.